The first-order valence-corrected chi connectivity index (χ1v) is 8.21. The van der Waals surface area contributed by atoms with E-state index in [0.717, 1.165) is 52.1 Å². The number of aromatic nitrogens is 2. The van der Waals surface area contributed by atoms with Crippen LogP contribution >= 0.6 is 0 Å². The molecule has 122 valence electrons. The van der Waals surface area contributed by atoms with Gasteiger partial charge in [-0.2, -0.15) is 0 Å². The molecule has 0 atom stereocenters. The number of amides is 1. The van der Waals surface area contributed by atoms with E-state index in [-0.39, 0.29) is 5.91 Å². The van der Waals surface area contributed by atoms with Crippen LogP contribution in [0.2, 0.25) is 0 Å². The second-order valence-corrected chi connectivity index (χ2v) is 5.74. The Bertz CT molecular complexity index is 485. The van der Waals surface area contributed by atoms with E-state index in [1.54, 1.807) is 12.3 Å². The molecule has 0 unspecified atom stereocenters. The van der Waals surface area contributed by atoms with Gasteiger partial charge in [0.05, 0.1) is 0 Å². The van der Waals surface area contributed by atoms with Gasteiger partial charge in [-0.05, 0) is 19.0 Å². The van der Waals surface area contributed by atoms with Gasteiger partial charge in [0.15, 0.2) is 0 Å². The van der Waals surface area contributed by atoms with E-state index in [1.807, 2.05) is 16.8 Å². The Morgan fingerprint density at radius 3 is 2.64 bits per heavy atom. The maximum absolute atomic E-state index is 12.6. The summed E-state index contributed by atoms with van der Waals surface area (Å²) in [5, 5.41) is 0. The minimum absolute atomic E-state index is 0.0169. The molecule has 6 heteroatoms. The molecule has 2 rings (SSSR count). The molecule has 0 N–H and O–H groups in total. The average molecular weight is 305 g/mol. The van der Waals surface area contributed by atoms with Gasteiger partial charge < -0.3 is 14.7 Å². The average Bonchev–Trinajstić information content (AvgIpc) is 2.59. The fourth-order valence-electron chi connectivity index (χ4n) is 2.58. The molecule has 0 aliphatic carbocycles. The van der Waals surface area contributed by atoms with E-state index in [9.17, 15) is 4.79 Å². The lowest BCUT2D eigenvalue weighted by molar-refractivity contribution is 0.0637. The van der Waals surface area contributed by atoms with Crippen molar-refractivity contribution >= 4 is 11.9 Å². The Balaban J connectivity index is 2.01. The Morgan fingerprint density at radius 1 is 1.27 bits per heavy atom. The van der Waals surface area contributed by atoms with Crippen molar-refractivity contribution in [2.45, 2.75) is 26.7 Å². The Kier molecular flexibility index (Phi) is 6.12. The van der Waals surface area contributed by atoms with Crippen molar-refractivity contribution in [1.29, 1.82) is 0 Å². The summed E-state index contributed by atoms with van der Waals surface area (Å²) in [5.74, 6) is 0.648. The van der Waals surface area contributed by atoms with Crippen LogP contribution in [0.3, 0.4) is 0 Å². The van der Waals surface area contributed by atoms with Crippen molar-refractivity contribution in [3.8, 4) is 0 Å². The highest BCUT2D eigenvalue weighted by Crippen LogP contribution is 2.11. The molecular formula is C16H27N5O. The molecule has 22 heavy (non-hydrogen) atoms. The second kappa shape index (κ2) is 8.08. The lowest BCUT2D eigenvalue weighted by atomic mass is 10.2. The van der Waals surface area contributed by atoms with Crippen LogP contribution in [-0.4, -0.2) is 72.0 Å². The van der Waals surface area contributed by atoms with E-state index in [1.165, 1.54) is 0 Å². The molecule has 1 fully saturated rings. The Hall–Kier alpha value is -1.69. The summed E-state index contributed by atoms with van der Waals surface area (Å²) in [4.78, 5) is 27.6. The lowest BCUT2D eigenvalue weighted by Gasteiger charge is -2.33. The zero-order valence-corrected chi connectivity index (χ0v) is 14.0. The van der Waals surface area contributed by atoms with Crippen LogP contribution in [0.25, 0.3) is 0 Å². The number of nitrogens with zero attached hydrogens (tertiary/aromatic N) is 5. The van der Waals surface area contributed by atoms with Crippen molar-refractivity contribution in [1.82, 2.24) is 19.8 Å². The van der Waals surface area contributed by atoms with Crippen molar-refractivity contribution in [2.75, 3.05) is 51.2 Å². The van der Waals surface area contributed by atoms with Crippen LogP contribution in [0, 0.1) is 0 Å². The molecule has 0 aromatic carbocycles. The lowest BCUT2D eigenvalue weighted by Crippen LogP contribution is -2.48. The van der Waals surface area contributed by atoms with Gasteiger partial charge in [-0.3, -0.25) is 4.79 Å². The summed E-state index contributed by atoms with van der Waals surface area (Å²) in [6, 6.07) is 1.71. The number of piperazine rings is 1. The third-order valence-electron chi connectivity index (χ3n) is 4.16. The van der Waals surface area contributed by atoms with E-state index in [0.29, 0.717) is 11.6 Å². The molecule has 1 aromatic heterocycles. The van der Waals surface area contributed by atoms with Crippen LogP contribution in [0.1, 0.15) is 37.2 Å². The van der Waals surface area contributed by atoms with Gasteiger partial charge in [0.25, 0.3) is 5.91 Å². The molecule has 1 aliphatic rings. The Morgan fingerprint density at radius 2 is 2.00 bits per heavy atom. The normalized spacial score (nSPS) is 15.9. The van der Waals surface area contributed by atoms with Crippen molar-refractivity contribution in [3.05, 3.63) is 18.0 Å². The smallest absolute Gasteiger partial charge is 0.272 e. The number of unbranched alkanes of at least 4 members (excludes halogenated alkanes) is 1. The van der Waals surface area contributed by atoms with E-state index < -0.39 is 0 Å². The summed E-state index contributed by atoms with van der Waals surface area (Å²) >= 11 is 0. The first-order chi connectivity index (χ1) is 10.7. The molecule has 6 nitrogen and oxygen atoms in total. The number of hydrogen-bond acceptors (Lipinski definition) is 5. The fraction of sp³-hybridized carbons (Fsp3) is 0.688. The minimum atomic E-state index is 0.0169. The largest absolute Gasteiger partial charge is 0.344 e. The molecular weight excluding hydrogens is 278 g/mol. The van der Waals surface area contributed by atoms with Gasteiger partial charge in [-0.25, -0.2) is 9.97 Å². The topological polar surface area (TPSA) is 52.6 Å². The second-order valence-electron chi connectivity index (χ2n) is 5.74. The van der Waals surface area contributed by atoms with E-state index >= 15 is 0 Å². The molecule has 1 saturated heterocycles. The number of rotatable bonds is 6. The van der Waals surface area contributed by atoms with Gasteiger partial charge in [-0.1, -0.05) is 20.3 Å². The van der Waals surface area contributed by atoms with Gasteiger partial charge in [0.1, 0.15) is 5.69 Å². The summed E-state index contributed by atoms with van der Waals surface area (Å²) in [6.07, 6.45) is 3.90. The van der Waals surface area contributed by atoms with E-state index in [2.05, 4.69) is 28.7 Å². The number of carbonyl (C=O) groups is 1. The third kappa shape index (κ3) is 4.16. The molecule has 2 heterocycles. The minimum Gasteiger partial charge on any atom is -0.344 e. The SMILES string of the molecule is CCCCN(C)c1nccc(C(=O)N2CCN(CC)CC2)n1. The number of hydrogen-bond donors (Lipinski definition) is 0. The molecule has 0 spiro atoms. The highest BCUT2D eigenvalue weighted by molar-refractivity contribution is 5.92. The van der Waals surface area contributed by atoms with Crippen LogP contribution in [0.15, 0.2) is 12.3 Å². The van der Waals surface area contributed by atoms with Crippen molar-refractivity contribution in [2.24, 2.45) is 0 Å². The van der Waals surface area contributed by atoms with Crippen LogP contribution in [0.4, 0.5) is 5.95 Å². The molecule has 1 aromatic rings. The van der Waals surface area contributed by atoms with Crippen LogP contribution < -0.4 is 4.90 Å². The fourth-order valence-corrected chi connectivity index (χ4v) is 2.58. The van der Waals surface area contributed by atoms with Gasteiger partial charge >= 0.3 is 0 Å². The first-order valence-electron chi connectivity index (χ1n) is 8.21. The first kappa shape index (κ1) is 16.7. The number of carbonyl (C=O) groups excluding carboxylic acids is 1. The summed E-state index contributed by atoms with van der Waals surface area (Å²) in [5.41, 5.74) is 0.498. The zero-order valence-electron chi connectivity index (χ0n) is 14.0. The molecule has 0 saturated carbocycles. The monoisotopic (exact) mass is 305 g/mol. The predicted molar refractivity (Wildman–Crippen MR) is 88.2 cm³/mol. The Labute approximate surface area is 133 Å². The number of likely N-dealkylation sites (N-methyl/N-ethyl adjacent to an activating group) is 1. The van der Waals surface area contributed by atoms with Crippen LogP contribution in [-0.2, 0) is 0 Å². The molecule has 1 amide bonds. The van der Waals surface area contributed by atoms with Gasteiger partial charge in [-0.15, -0.1) is 0 Å². The summed E-state index contributed by atoms with van der Waals surface area (Å²) in [6.45, 7) is 9.69. The maximum Gasteiger partial charge on any atom is 0.272 e. The summed E-state index contributed by atoms with van der Waals surface area (Å²) in [7, 11) is 1.97. The van der Waals surface area contributed by atoms with E-state index in [4.69, 9.17) is 0 Å². The highest BCUT2D eigenvalue weighted by atomic mass is 16.2. The number of anilines is 1. The van der Waals surface area contributed by atoms with Crippen LogP contribution in [0.5, 0.6) is 0 Å². The molecule has 1 aliphatic heterocycles. The summed E-state index contributed by atoms with van der Waals surface area (Å²) < 4.78 is 0. The molecule has 0 radical (unpaired) electrons. The van der Waals surface area contributed by atoms with Gasteiger partial charge in [0.2, 0.25) is 5.95 Å². The maximum atomic E-state index is 12.6. The van der Waals surface area contributed by atoms with Crippen molar-refractivity contribution in [3.63, 3.8) is 0 Å². The highest BCUT2D eigenvalue weighted by Gasteiger charge is 2.22. The van der Waals surface area contributed by atoms with Gasteiger partial charge in [0, 0.05) is 46.0 Å². The predicted octanol–water partition coefficient (Wildman–Crippen LogP) is 1.49. The standard InChI is InChI=1S/C16H27N5O/c1-4-6-9-19(3)16-17-8-7-14(18-16)15(22)21-12-10-20(5-2)11-13-21/h7-8H,4-6,9-13H2,1-3H3. The van der Waals surface area contributed by atoms with Crippen molar-refractivity contribution < 1.29 is 4.79 Å². The quantitative estimate of drug-likeness (QED) is 0.797. The molecule has 0 bridgehead atoms. The zero-order chi connectivity index (χ0) is 15.9. The third-order valence-corrected chi connectivity index (χ3v) is 4.16.